The molecule has 1 fully saturated rings. The number of nitrogens with one attached hydrogen (secondary N) is 1. The fourth-order valence-corrected chi connectivity index (χ4v) is 2.00. The number of amides is 1. The number of hydrogen-bond donors (Lipinski definition) is 2. The van der Waals surface area contributed by atoms with E-state index in [1.165, 1.54) is 4.90 Å². The van der Waals surface area contributed by atoms with Crippen molar-refractivity contribution >= 4 is 27.8 Å². The van der Waals surface area contributed by atoms with Gasteiger partial charge in [-0.1, -0.05) is 15.9 Å². The maximum Gasteiger partial charge on any atom is 0.256 e. The number of aromatic nitrogens is 2. The highest BCUT2D eigenvalue weighted by Crippen LogP contribution is 2.22. The summed E-state index contributed by atoms with van der Waals surface area (Å²) >= 11 is 3.31. The van der Waals surface area contributed by atoms with E-state index in [4.69, 9.17) is 5.11 Å². The van der Waals surface area contributed by atoms with Crippen molar-refractivity contribution in [2.45, 2.75) is 11.2 Å². The minimum absolute atomic E-state index is 0.0534. The third-order valence-corrected chi connectivity index (χ3v) is 2.66. The van der Waals surface area contributed by atoms with Crippen LogP contribution >= 0.6 is 15.9 Å². The summed E-state index contributed by atoms with van der Waals surface area (Å²) in [7, 11) is 0. The molecular formula is C8H8BrN3O3. The number of rotatable bonds is 1. The predicted octanol–water partition coefficient (Wildman–Crippen LogP) is -0.0243. The Hall–Kier alpha value is -1.37. The van der Waals surface area contributed by atoms with Crippen molar-refractivity contribution < 1.29 is 9.90 Å². The summed E-state index contributed by atoms with van der Waals surface area (Å²) in [5.74, 6) is -0.433. The van der Waals surface area contributed by atoms with Gasteiger partial charge >= 0.3 is 0 Å². The summed E-state index contributed by atoms with van der Waals surface area (Å²) in [5.41, 5.74) is -0.483. The summed E-state index contributed by atoms with van der Waals surface area (Å²) in [4.78, 5) is 30.0. The molecule has 0 saturated carbocycles. The van der Waals surface area contributed by atoms with Crippen molar-refractivity contribution in [2.24, 2.45) is 0 Å². The molecule has 2 heterocycles. The van der Waals surface area contributed by atoms with Gasteiger partial charge < -0.3 is 5.11 Å². The maximum absolute atomic E-state index is 11.5. The van der Waals surface area contributed by atoms with Crippen molar-refractivity contribution in [3.8, 4) is 5.88 Å². The monoisotopic (exact) mass is 273 g/mol. The quantitative estimate of drug-likeness (QED) is 0.704. The van der Waals surface area contributed by atoms with Crippen molar-refractivity contribution in [3.63, 3.8) is 0 Å². The molecule has 0 aromatic carbocycles. The first-order valence-electron chi connectivity index (χ1n) is 4.31. The van der Waals surface area contributed by atoms with Crippen molar-refractivity contribution in [1.29, 1.82) is 0 Å². The molecule has 0 bridgehead atoms. The van der Waals surface area contributed by atoms with Crippen molar-refractivity contribution in [3.05, 3.63) is 16.4 Å². The van der Waals surface area contributed by atoms with E-state index in [1.54, 1.807) is 0 Å². The van der Waals surface area contributed by atoms with Crippen LogP contribution < -0.4 is 10.5 Å². The fourth-order valence-electron chi connectivity index (χ4n) is 1.43. The van der Waals surface area contributed by atoms with Gasteiger partial charge in [0.05, 0.1) is 6.07 Å². The number of H-pyrrole nitrogens is 1. The summed E-state index contributed by atoms with van der Waals surface area (Å²) in [5, 5.41) is 9.13. The summed E-state index contributed by atoms with van der Waals surface area (Å²) in [6.07, 6.45) is 0.360. The van der Waals surface area contributed by atoms with Crippen LogP contribution in [0, 0.1) is 0 Å². The van der Waals surface area contributed by atoms with Crippen LogP contribution in [-0.2, 0) is 4.79 Å². The molecule has 15 heavy (non-hydrogen) atoms. The van der Waals surface area contributed by atoms with E-state index in [2.05, 4.69) is 25.9 Å². The van der Waals surface area contributed by atoms with E-state index in [9.17, 15) is 9.59 Å². The van der Waals surface area contributed by atoms with Crippen LogP contribution in [0.5, 0.6) is 5.88 Å². The Balaban J connectivity index is 2.37. The summed E-state index contributed by atoms with van der Waals surface area (Å²) < 4.78 is 0. The molecule has 1 aromatic heterocycles. The first kappa shape index (κ1) is 10.2. The second kappa shape index (κ2) is 3.65. The zero-order valence-electron chi connectivity index (χ0n) is 7.61. The maximum atomic E-state index is 11.5. The van der Waals surface area contributed by atoms with Gasteiger partial charge in [-0.3, -0.25) is 19.5 Å². The Morgan fingerprint density at radius 1 is 1.60 bits per heavy atom. The lowest BCUT2D eigenvalue weighted by Crippen LogP contribution is -2.28. The smallest absolute Gasteiger partial charge is 0.256 e. The normalized spacial score (nSPS) is 21.0. The molecule has 1 aliphatic heterocycles. The third kappa shape index (κ3) is 2.01. The number of anilines is 1. The van der Waals surface area contributed by atoms with E-state index in [0.717, 1.165) is 6.07 Å². The first-order chi connectivity index (χ1) is 7.06. The predicted molar refractivity (Wildman–Crippen MR) is 56.2 cm³/mol. The summed E-state index contributed by atoms with van der Waals surface area (Å²) in [6, 6.07) is 0.954. The van der Waals surface area contributed by atoms with E-state index in [1.807, 2.05) is 0 Å². The van der Waals surface area contributed by atoms with E-state index >= 15 is 0 Å². The molecule has 1 saturated heterocycles. The number of hydrogen-bond acceptors (Lipinski definition) is 4. The van der Waals surface area contributed by atoms with Crippen molar-refractivity contribution in [2.75, 3.05) is 11.4 Å². The van der Waals surface area contributed by atoms with Gasteiger partial charge in [0.1, 0.15) is 0 Å². The second-order valence-corrected chi connectivity index (χ2v) is 4.53. The van der Waals surface area contributed by atoms with Gasteiger partial charge in [-0.05, 0) is 0 Å². The standard InChI is InChI=1S/C8H8BrN3O3/c9-4-1-7(15)12(3-4)8-10-5(13)2-6(14)11-8/h2,4H,1,3H2,(H2,10,11,13,14). The average Bonchev–Trinajstić information content (AvgIpc) is 2.43. The van der Waals surface area contributed by atoms with E-state index in [0.29, 0.717) is 13.0 Å². The Kier molecular flexibility index (Phi) is 2.47. The Morgan fingerprint density at radius 2 is 2.33 bits per heavy atom. The molecule has 1 amide bonds. The van der Waals surface area contributed by atoms with Gasteiger partial charge in [-0.2, -0.15) is 4.98 Å². The lowest BCUT2D eigenvalue weighted by Gasteiger charge is -2.13. The molecule has 0 radical (unpaired) electrons. The molecule has 80 valence electrons. The molecule has 7 heteroatoms. The zero-order chi connectivity index (χ0) is 11.0. The molecule has 1 aromatic rings. The van der Waals surface area contributed by atoms with Crippen LogP contribution in [0.1, 0.15) is 6.42 Å². The number of aromatic amines is 1. The average molecular weight is 274 g/mol. The summed E-state index contributed by atoms with van der Waals surface area (Å²) in [6.45, 7) is 0.436. The van der Waals surface area contributed by atoms with Crippen LogP contribution in [0.3, 0.4) is 0 Å². The van der Waals surface area contributed by atoms with Crippen LogP contribution in [0.2, 0.25) is 0 Å². The Labute approximate surface area is 93.1 Å². The van der Waals surface area contributed by atoms with Crippen LogP contribution in [0.25, 0.3) is 0 Å². The lowest BCUT2D eigenvalue weighted by molar-refractivity contribution is -0.117. The van der Waals surface area contributed by atoms with Gasteiger partial charge in [-0.25, -0.2) is 0 Å². The Bertz CT molecular complexity index is 459. The fraction of sp³-hybridized carbons (Fsp3) is 0.375. The highest BCUT2D eigenvalue weighted by molar-refractivity contribution is 9.09. The largest absolute Gasteiger partial charge is 0.493 e. The molecule has 0 spiro atoms. The van der Waals surface area contributed by atoms with E-state index in [-0.39, 0.29) is 22.6 Å². The van der Waals surface area contributed by atoms with Gasteiger partial charge in [0.15, 0.2) is 0 Å². The zero-order valence-corrected chi connectivity index (χ0v) is 9.19. The first-order valence-corrected chi connectivity index (χ1v) is 5.22. The molecular weight excluding hydrogens is 266 g/mol. The highest BCUT2D eigenvalue weighted by atomic mass is 79.9. The third-order valence-electron chi connectivity index (χ3n) is 2.05. The van der Waals surface area contributed by atoms with Gasteiger partial charge in [0, 0.05) is 17.8 Å². The second-order valence-electron chi connectivity index (χ2n) is 3.23. The van der Waals surface area contributed by atoms with E-state index < -0.39 is 5.56 Å². The number of aromatic hydroxyl groups is 1. The number of nitrogens with zero attached hydrogens (tertiary/aromatic N) is 2. The molecule has 1 aliphatic rings. The van der Waals surface area contributed by atoms with Gasteiger partial charge in [0.25, 0.3) is 5.56 Å². The highest BCUT2D eigenvalue weighted by Gasteiger charge is 2.30. The van der Waals surface area contributed by atoms with Crippen LogP contribution in [0.4, 0.5) is 5.95 Å². The molecule has 2 N–H and O–H groups in total. The molecule has 0 aliphatic carbocycles. The molecule has 6 nitrogen and oxygen atoms in total. The van der Waals surface area contributed by atoms with Gasteiger partial charge in [-0.15, -0.1) is 0 Å². The minimum Gasteiger partial charge on any atom is -0.493 e. The Morgan fingerprint density at radius 3 is 2.87 bits per heavy atom. The lowest BCUT2D eigenvalue weighted by atomic mass is 10.4. The topological polar surface area (TPSA) is 86.3 Å². The minimum atomic E-state index is -0.483. The molecule has 1 atom stereocenters. The van der Waals surface area contributed by atoms with Crippen LogP contribution in [0.15, 0.2) is 10.9 Å². The molecule has 1 unspecified atom stereocenters. The number of alkyl halides is 1. The number of carbonyl (C=O) groups excluding carboxylic acids is 1. The molecule has 2 rings (SSSR count). The van der Waals surface area contributed by atoms with Crippen LogP contribution in [-0.4, -0.2) is 32.4 Å². The SMILES string of the molecule is O=C1CC(Br)CN1c1nc(O)cc(=O)[nH]1. The number of carbonyl (C=O) groups is 1. The van der Waals surface area contributed by atoms with Crippen molar-refractivity contribution in [1.82, 2.24) is 9.97 Å². The number of halogens is 1. The van der Waals surface area contributed by atoms with Gasteiger partial charge in [0.2, 0.25) is 17.7 Å².